The molecule has 6 aromatic carbocycles. The van der Waals surface area contributed by atoms with E-state index in [0.717, 1.165) is 90.6 Å². The summed E-state index contributed by atoms with van der Waals surface area (Å²) in [7, 11) is 0. The Balaban J connectivity index is 0.000000228. The van der Waals surface area contributed by atoms with E-state index in [-0.39, 0.29) is 154 Å². The van der Waals surface area contributed by atoms with E-state index in [9.17, 15) is 33.6 Å². The normalized spacial score (nSPS) is 18.4. The third-order valence-electron chi connectivity index (χ3n) is 25.5. The molecule has 8 heterocycles. The van der Waals surface area contributed by atoms with Crippen LogP contribution >= 0.6 is 0 Å². The molecule has 2 fully saturated rings. The Labute approximate surface area is 775 Å². The molecule has 0 aromatic heterocycles. The maximum Gasteiger partial charge on any atom is 0.333 e. The predicted molar refractivity (Wildman–Crippen MR) is 474 cm³/mol. The average molecular weight is 2000 g/mol. The number of likely N-dealkylation sites (N-methyl/N-ethyl adjacent to an activating group) is 2. The predicted octanol–water partition coefficient (Wildman–Crippen LogP) is 10.8. The van der Waals surface area contributed by atoms with Crippen LogP contribution < -0.4 is 81.7 Å². The van der Waals surface area contributed by atoms with Crippen molar-refractivity contribution < 1.29 is 144 Å². The Morgan fingerprint density at radius 3 is 1.03 bits per heavy atom. The summed E-state index contributed by atoms with van der Waals surface area (Å²) in [5.41, 5.74) is 24.0. The molecule has 14 rings (SSSR count). The van der Waals surface area contributed by atoms with Gasteiger partial charge < -0.3 is 96.8 Å². The van der Waals surface area contributed by atoms with Gasteiger partial charge in [0.25, 0.3) is 23.6 Å². The molecule has 0 aliphatic carbocycles. The number of carbonyl (C=O) groups is 7. The molecule has 122 heavy (non-hydrogen) atoms. The van der Waals surface area contributed by atoms with Gasteiger partial charge in [0, 0.05) is 183 Å². The number of rotatable bonds is 26. The van der Waals surface area contributed by atoms with E-state index >= 15 is 0 Å². The molecule has 654 valence electrons. The SMILES string of the molecule is CC1=[N+](CCCCCC(=O)O)c2ccccc2C1(C)C.CCN1C(=CC=CC2=[N+](CCCCCC(=O)O)c3ccccc3C2(C)C)C(C)(C)c2ccccc21.CCN1C(=CC=CC2=[N+](CCCCCC(=O)ON3C(=O)CCC3=O)c3ccccc3C2(C)C)C(C)(C)c2ccccc21.CC[N+]1=C(C)C(C)(C)c2ccccc21.O=C1CCC(=O)N1O.[I-].[I-].[I-]. The van der Waals surface area contributed by atoms with Gasteiger partial charge in [-0.1, -0.05) is 149 Å². The van der Waals surface area contributed by atoms with Crippen molar-refractivity contribution in [3.8, 4) is 0 Å². The van der Waals surface area contributed by atoms with Gasteiger partial charge in [-0.05, 0) is 150 Å². The van der Waals surface area contributed by atoms with Crippen molar-refractivity contribution in [1.82, 2.24) is 10.1 Å². The van der Waals surface area contributed by atoms with Crippen LogP contribution in [0.2, 0.25) is 0 Å². The summed E-state index contributed by atoms with van der Waals surface area (Å²) in [6.07, 6.45) is 22.5. The van der Waals surface area contributed by atoms with Gasteiger partial charge in [-0.3, -0.25) is 34.0 Å². The maximum atomic E-state index is 12.2. The number of para-hydroxylation sites is 6. The van der Waals surface area contributed by atoms with Crippen molar-refractivity contribution in [3.63, 3.8) is 0 Å². The number of carboxylic acid groups (broad SMARTS) is 2. The minimum atomic E-state index is -0.709. The second-order valence-corrected chi connectivity index (χ2v) is 35.2. The molecule has 4 amide bonds. The quantitative estimate of drug-likeness (QED) is 0.0152. The number of hydrogen-bond donors (Lipinski definition) is 3. The molecular weight excluding hydrogens is 1870 g/mol. The Kier molecular flexibility index (Phi) is 35.7. The van der Waals surface area contributed by atoms with E-state index in [0.29, 0.717) is 11.5 Å². The number of carboxylic acids is 2. The van der Waals surface area contributed by atoms with E-state index < -0.39 is 41.5 Å². The van der Waals surface area contributed by atoms with Gasteiger partial charge in [-0.15, -0.1) is 5.06 Å². The Morgan fingerprint density at radius 2 is 0.689 bits per heavy atom. The van der Waals surface area contributed by atoms with Gasteiger partial charge in [0.1, 0.15) is 26.2 Å². The molecule has 0 atom stereocenters. The number of anilines is 2. The number of benzene rings is 6. The Bertz CT molecular complexity index is 5080. The van der Waals surface area contributed by atoms with E-state index in [1.165, 1.54) is 102 Å². The van der Waals surface area contributed by atoms with Crippen LogP contribution in [0.15, 0.2) is 193 Å². The zero-order chi connectivity index (χ0) is 86.5. The smallest absolute Gasteiger partial charge is 0.333 e. The largest absolute Gasteiger partial charge is 1.00 e. The van der Waals surface area contributed by atoms with E-state index in [4.69, 9.17) is 20.3 Å². The molecule has 0 spiro atoms. The standard InChI is InChI=1S/C35H42N3O4.C31H38N2O2.C17H23NO2.C13H18N.C4H5NO3.3HI/c1-6-36-27-17-11-9-15-25(27)34(2,3)29(36)19-14-20-30-35(4,5)26-16-10-12-18-28(26)37(30)24-13-7-8-21-33(41)42-38-31(39)22-23-32(38)40;1-6-32-25-17-11-9-15-23(25)30(2,3)27(32)19-14-20-28-31(4,5)24-16-10-12-18-26(24)33(28)22-13-7-8-21-29(34)35;1-13-17(2,3)14-9-6-7-10-15(14)18(13)12-8-4-5-11-16(19)20;1-5-14-10(2)13(3,4)11-8-6-7-9-12(11)14;6-3-1-2-4(7)5(3)8;;;/h9-12,14-20H,6-8,13,21-24H2,1-5H3;9-12,14-20H,6-8,13,21-22H2,1-5H3;6-7,9-10H,4-5,8,11-12H2,1-3H3;6-9H,5H2,1-4H3;8H,1-2H2;3*1H/q+1;;;+1;;;;/p-1. The summed E-state index contributed by atoms with van der Waals surface area (Å²) < 4.78 is 9.67. The van der Waals surface area contributed by atoms with Crippen LogP contribution in [0.25, 0.3) is 0 Å². The van der Waals surface area contributed by atoms with Crippen LogP contribution in [-0.2, 0) is 70.9 Å². The molecule has 0 unspecified atom stereocenters. The van der Waals surface area contributed by atoms with Crippen molar-refractivity contribution in [3.05, 3.63) is 227 Å². The van der Waals surface area contributed by atoms with Crippen molar-refractivity contribution >= 4 is 98.5 Å². The third kappa shape index (κ3) is 21.8. The molecule has 0 saturated carbocycles. The van der Waals surface area contributed by atoms with Gasteiger partial charge in [-0.25, -0.2) is 4.79 Å². The summed E-state index contributed by atoms with van der Waals surface area (Å²) in [6, 6.07) is 52.0. The second-order valence-electron chi connectivity index (χ2n) is 35.2. The number of allylic oxidation sites excluding steroid dienone is 8. The average Bonchev–Trinajstić information content (AvgIpc) is 1.59. The first-order chi connectivity index (χ1) is 56.5. The number of unbranched alkanes of at least 4 members (excludes halogenated alkanes) is 6. The molecule has 8 aliphatic rings. The summed E-state index contributed by atoms with van der Waals surface area (Å²) in [4.78, 5) is 87.3. The molecule has 6 aromatic rings. The lowest BCUT2D eigenvalue weighted by atomic mass is 9.81. The van der Waals surface area contributed by atoms with Crippen LogP contribution in [0.5, 0.6) is 0 Å². The lowest BCUT2D eigenvalue weighted by Crippen LogP contribution is -3.00. The van der Waals surface area contributed by atoms with Crippen molar-refractivity contribution in [1.29, 1.82) is 0 Å². The summed E-state index contributed by atoms with van der Waals surface area (Å²) in [5, 5.41) is 26.8. The Hall–Kier alpha value is -8.60. The van der Waals surface area contributed by atoms with Gasteiger partial charge in [0.15, 0.2) is 22.8 Å². The van der Waals surface area contributed by atoms with Crippen molar-refractivity contribution in [2.45, 2.75) is 253 Å². The summed E-state index contributed by atoms with van der Waals surface area (Å²) in [6.45, 7) is 44.2. The first kappa shape index (κ1) is 100. The van der Waals surface area contributed by atoms with Crippen molar-refractivity contribution in [2.75, 3.05) is 49.1 Å². The Morgan fingerprint density at radius 1 is 0.385 bits per heavy atom. The van der Waals surface area contributed by atoms with Crippen molar-refractivity contribution in [2.24, 2.45) is 0 Å². The van der Waals surface area contributed by atoms with Crippen LogP contribution in [0.3, 0.4) is 0 Å². The number of nitrogens with zero attached hydrogens (tertiary/aromatic N) is 8. The minimum absolute atomic E-state index is 0. The fourth-order valence-electron chi connectivity index (χ4n) is 18.3. The molecule has 8 aliphatic heterocycles. The van der Waals surface area contributed by atoms with Gasteiger partial charge >= 0.3 is 17.9 Å². The number of amides is 4. The molecule has 0 radical (unpaired) electrons. The maximum absolute atomic E-state index is 12.2. The monoisotopic (exact) mass is 2000 g/mol. The molecule has 19 nitrogen and oxygen atoms in total. The summed E-state index contributed by atoms with van der Waals surface area (Å²) >= 11 is 0. The minimum Gasteiger partial charge on any atom is -1.00 e. The topological polar surface area (TPSA) is 214 Å². The van der Waals surface area contributed by atoms with Gasteiger partial charge in [0.2, 0.25) is 22.7 Å². The van der Waals surface area contributed by atoms with E-state index in [2.05, 4.69) is 328 Å². The highest BCUT2D eigenvalue weighted by Crippen LogP contribution is 2.50. The second kappa shape index (κ2) is 43.3. The van der Waals surface area contributed by atoms with Crippen LogP contribution in [0.1, 0.15) is 254 Å². The lowest BCUT2D eigenvalue weighted by molar-refractivity contribution is -0.439. The van der Waals surface area contributed by atoms with Crippen LogP contribution in [-0.4, -0.2) is 148 Å². The van der Waals surface area contributed by atoms with E-state index in [1.807, 2.05) is 0 Å². The third-order valence-corrected chi connectivity index (χ3v) is 25.5. The zero-order valence-electron chi connectivity index (χ0n) is 74.7. The molecular formula is C100H128I3N8O11+. The number of aliphatic carboxylic acids is 2. The highest BCUT2D eigenvalue weighted by atomic mass is 127. The summed E-state index contributed by atoms with van der Waals surface area (Å²) in [5.74, 6) is -3.84. The van der Waals surface area contributed by atoms with Crippen LogP contribution in [0.4, 0.5) is 34.1 Å². The van der Waals surface area contributed by atoms with Crippen LogP contribution in [0, 0.1) is 0 Å². The number of carbonyl (C=O) groups excluding carboxylic acids is 5. The van der Waals surface area contributed by atoms with Gasteiger partial charge in [0.05, 0.1) is 21.7 Å². The first-order valence-corrected chi connectivity index (χ1v) is 43.0. The number of imide groups is 2. The lowest BCUT2D eigenvalue weighted by Gasteiger charge is -2.25. The van der Waals surface area contributed by atoms with E-state index in [1.54, 1.807) is 0 Å². The number of hydroxylamine groups is 4. The number of hydrogen-bond acceptors (Lipinski definition) is 11. The number of halogens is 3. The molecule has 3 N–H and O–H groups in total. The first-order valence-electron chi connectivity index (χ1n) is 43.0. The fourth-order valence-corrected chi connectivity index (χ4v) is 18.3. The number of fused-ring (bicyclic) bond motifs is 6. The molecule has 2 saturated heterocycles. The highest BCUT2D eigenvalue weighted by Gasteiger charge is 2.48. The molecule has 22 heteroatoms. The molecule has 0 bridgehead atoms. The van der Waals surface area contributed by atoms with Gasteiger partial charge in [-0.2, -0.15) is 23.4 Å². The highest BCUT2D eigenvalue weighted by molar-refractivity contribution is 6.05. The fraction of sp³-hybridized carbons (Fsp3) is 0.450. The zero-order valence-corrected chi connectivity index (χ0v) is 81.2.